The Morgan fingerprint density at radius 2 is 1.79 bits per heavy atom. The molecule has 3 saturated carbocycles. The Balaban J connectivity index is 1.15. The maximum Gasteiger partial charge on any atom is 0.105 e. The number of hydrogen-bond donors (Lipinski definition) is 1. The molecule has 0 unspecified atom stereocenters. The number of rotatable bonds is 4. The molecule has 3 aliphatic carbocycles. The maximum atomic E-state index is 10.9. The molecule has 1 aromatic carbocycles. The third kappa shape index (κ3) is 2.83. The van der Waals surface area contributed by atoms with Gasteiger partial charge >= 0.3 is 0 Å². The third-order valence-electron chi connectivity index (χ3n) is 9.19. The van der Waals surface area contributed by atoms with Gasteiger partial charge in [-0.05, 0) is 51.2 Å². The Bertz CT molecular complexity index is 1260. The minimum absolute atomic E-state index is 0.270. The molecule has 2 aliphatic heterocycles. The van der Waals surface area contributed by atoms with E-state index >= 15 is 0 Å². The van der Waals surface area contributed by atoms with Gasteiger partial charge in [0.2, 0.25) is 0 Å². The van der Waals surface area contributed by atoms with Crippen molar-refractivity contribution in [3.63, 3.8) is 0 Å². The Morgan fingerprint density at radius 3 is 2.44 bits per heavy atom. The highest BCUT2D eigenvalue weighted by atomic mass is 35.5. The Morgan fingerprint density at radius 1 is 1.03 bits per heavy atom. The summed E-state index contributed by atoms with van der Waals surface area (Å²) >= 11 is 6.75. The molecule has 3 aromatic rings. The van der Waals surface area contributed by atoms with Crippen molar-refractivity contribution in [3.8, 4) is 5.69 Å². The molecule has 9 heteroatoms. The monoisotopic (exact) mass is 482 g/mol. The van der Waals surface area contributed by atoms with Crippen molar-refractivity contribution in [2.24, 2.45) is 5.92 Å². The van der Waals surface area contributed by atoms with Gasteiger partial charge in [0, 0.05) is 31.6 Å². The molecular formula is C25H31ClN6O2. The summed E-state index contributed by atoms with van der Waals surface area (Å²) in [6.07, 6.45) is 9.74. The van der Waals surface area contributed by atoms with Gasteiger partial charge in [0.15, 0.2) is 0 Å². The number of aromatic nitrogens is 4. The van der Waals surface area contributed by atoms with Crippen LogP contribution < -0.4 is 4.90 Å². The van der Waals surface area contributed by atoms with Crippen molar-refractivity contribution in [3.05, 3.63) is 35.7 Å². The van der Waals surface area contributed by atoms with Crippen LogP contribution in [0.25, 0.3) is 16.6 Å². The van der Waals surface area contributed by atoms with E-state index in [1.165, 1.54) is 19.3 Å². The minimum Gasteiger partial charge on any atom is -0.386 e. The van der Waals surface area contributed by atoms with Crippen molar-refractivity contribution in [1.29, 1.82) is 0 Å². The molecule has 4 heterocycles. The first-order chi connectivity index (χ1) is 16.3. The highest BCUT2D eigenvalue weighted by Crippen LogP contribution is 2.62. The fourth-order valence-electron chi connectivity index (χ4n) is 6.51. The zero-order chi connectivity index (χ0) is 23.3. The lowest BCUT2D eigenvalue weighted by molar-refractivity contribution is -0.0977. The van der Waals surface area contributed by atoms with Crippen LogP contribution in [0.2, 0.25) is 5.02 Å². The Kier molecular flexibility index (Phi) is 4.34. The number of aliphatic hydroxyl groups is 1. The molecule has 0 radical (unpaired) electrons. The van der Waals surface area contributed by atoms with E-state index in [2.05, 4.69) is 43.9 Å². The van der Waals surface area contributed by atoms with Crippen LogP contribution in [0.1, 0.15) is 33.1 Å². The van der Waals surface area contributed by atoms with Crippen LogP contribution in [0.4, 0.5) is 5.69 Å². The molecule has 0 amide bonds. The van der Waals surface area contributed by atoms with Crippen molar-refractivity contribution in [1.82, 2.24) is 24.5 Å². The van der Waals surface area contributed by atoms with Crippen LogP contribution in [0.5, 0.6) is 0 Å². The molecular weight excluding hydrogens is 452 g/mol. The number of halogens is 1. The molecule has 5 fully saturated rings. The van der Waals surface area contributed by atoms with Crippen LogP contribution in [-0.4, -0.2) is 80.1 Å². The molecule has 8 rings (SSSR count). The van der Waals surface area contributed by atoms with E-state index < -0.39 is 5.60 Å². The SMILES string of the molecule is C[C@]1(O)COC[C@@]1(C)N1CCN(c2cc3c(cnn3-c3cnn(C45CC(C4)C5)c3)cc2Cl)CC1. The average Bonchev–Trinajstić information content (AvgIpc) is 3.43. The van der Waals surface area contributed by atoms with E-state index in [1.807, 2.05) is 30.1 Å². The Labute approximate surface area is 204 Å². The quantitative estimate of drug-likeness (QED) is 0.616. The summed E-state index contributed by atoms with van der Waals surface area (Å²) in [5.74, 6) is 0.915. The van der Waals surface area contributed by atoms with Gasteiger partial charge in [-0.25, -0.2) is 4.68 Å². The fraction of sp³-hybridized carbons (Fsp3) is 0.600. The molecule has 5 aliphatic rings. The van der Waals surface area contributed by atoms with Gasteiger partial charge in [-0.2, -0.15) is 10.2 Å². The van der Waals surface area contributed by atoms with Gasteiger partial charge in [-0.1, -0.05) is 11.6 Å². The van der Waals surface area contributed by atoms with Gasteiger partial charge in [-0.3, -0.25) is 9.58 Å². The lowest BCUT2D eigenvalue weighted by Gasteiger charge is -2.61. The first-order valence-corrected chi connectivity index (χ1v) is 12.7. The van der Waals surface area contributed by atoms with Crippen LogP contribution >= 0.6 is 11.6 Å². The van der Waals surface area contributed by atoms with Gasteiger partial charge < -0.3 is 14.7 Å². The summed E-state index contributed by atoms with van der Waals surface area (Å²) < 4.78 is 9.79. The van der Waals surface area contributed by atoms with Crippen LogP contribution in [-0.2, 0) is 10.3 Å². The summed E-state index contributed by atoms with van der Waals surface area (Å²) in [5.41, 5.74) is 2.12. The first kappa shape index (κ1) is 21.2. The second-order valence-electron chi connectivity index (χ2n) is 11.3. The predicted octanol–water partition coefficient (Wildman–Crippen LogP) is 3.05. The van der Waals surface area contributed by atoms with Crippen molar-refractivity contribution >= 4 is 28.2 Å². The molecule has 34 heavy (non-hydrogen) atoms. The van der Waals surface area contributed by atoms with Crippen LogP contribution in [0, 0.1) is 5.92 Å². The van der Waals surface area contributed by atoms with E-state index in [0.29, 0.717) is 13.2 Å². The normalized spacial score (nSPS) is 35.5. The van der Waals surface area contributed by atoms with Gasteiger partial charge in [-0.15, -0.1) is 0 Å². The topological polar surface area (TPSA) is 71.6 Å². The van der Waals surface area contributed by atoms with E-state index in [9.17, 15) is 5.11 Å². The summed E-state index contributed by atoms with van der Waals surface area (Å²) in [5, 5.41) is 22.0. The Hall–Kier alpha value is -2.13. The predicted molar refractivity (Wildman–Crippen MR) is 131 cm³/mol. The van der Waals surface area contributed by atoms with E-state index in [0.717, 1.165) is 59.4 Å². The summed E-state index contributed by atoms with van der Waals surface area (Å²) in [7, 11) is 0. The standard InChI is InChI=1S/C25H31ClN6O2/c1-23(15-34-16-24(23,2)33)30-5-3-29(4-6-30)22-8-21-18(7-20(22)26)12-28-32(21)19-13-27-31(14-19)25-9-17(10-25)11-25/h7-8,12-14,17,33H,3-6,9-11,15-16H2,1-2H3/t17?,23-,24+,25?/m1/s1. The minimum atomic E-state index is -0.845. The molecule has 2 aromatic heterocycles. The zero-order valence-electron chi connectivity index (χ0n) is 19.7. The molecule has 0 spiro atoms. The number of fused-ring (bicyclic) bond motifs is 1. The average molecular weight is 483 g/mol. The molecule has 2 atom stereocenters. The zero-order valence-corrected chi connectivity index (χ0v) is 20.5. The first-order valence-electron chi connectivity index (χ1n) is 12.3. The van der Waals surface area contributed by atoms with Crippen LogP contribution in [0.3, 0.4) is 0 Å². The van der Waals surface area contributed by atoms with E-state index in [4.69, 9.17) is 16.3 Å². The largest absolute Gasteiger partial charge is 0.386 e. The summed E-state index contributed by atoms with van der Waals surface area (Å²) in [6.45, 7) is 8.31. The fourth-order valence-corrected chi connectivity index (χ4v) is 6.80. The number of piperazine rings is 1. The molecule has 180 valence electrons. The number of anilines is 1. The third-order valence-corrected chi connectivity index (χ3v) is 9.49. The highest BCUT2D eigenvalue weighted by Gasteiger charge is 2.58. The van der Waals surface area contributed by atoms with Gasteiger partial charge in [0.1, 0.15) is 11.3 Å². The smallest absolute Gasteiger partial charge is 0.105 e. The van der Waals surface area contributed by atoms with Crippen molar-refractivity contribution in [2.45, 2.75) is 49.8 Å². The van der Waals surface area contributed by atoms with E-state index in [-0.39, 0.29) is 11.1 Å². The number of nitrogens with zero attached hydrogens (tertiary/aromatic N) is 6. The molecule has 1 N–H and O–H groups in total. The number of benzene rings is 1. The molecule has 8 nitrogen and oxygen atoms in total. The molecule has 2 bridgehead atoms. The number of ether oxygens (including phenoxy) is 1. The molecule has 2 saturated heterocycles. The highest BCUT2D eigenvalue weighted by molar-refractivity contribution is 6.34. The lowest BCUT2D eigenvalue weighted by Crippen LogP contribution is -2.65. The second-order valence-corrected chi connectivity index (χ2v) is 11.7. The number of hydrogen-bond acceptors (Lipinski definition) is 6. The van der Waals surface area contributed by atoms with Gasteiger partial charge in [0.25, 0.3) is 0 Å². The summed E-state index contributed by atoms with van der Waals surface area (Å²) in [4.78, 5) is 4.71. The van der Waals surface area contributed by atoms with Gasteiger partial charge in [0.05, 0.1) is 59.1 Å². The maximum absolute atomic E-state index is 10.9. The van der Waals surface area contributed by atoms with Crippen molar-refractivity contribution in [2.75, 3.05) is 44.3 Å². The van der Waals surface area contributed by atoms with Crippen molar-refractivity contribution < 1.29 is 9.84 Å². The van der Waals surface area contributed by atoms with E-state index in [1.54, 1.807) is 0 Å². The second kappa shape index (κ2) is 6.97. The van der Waals surface area contributed by atoms with Crippen LogP contribution in [0.15, 0.2) is 30.7 Å². The summed E-state index contributed by atoms with van der Waals surface area (Å²) in [6, 6.07) is 4.18. The lowest BCUT2D eigenvalue weighted by atomic mass is 9.50.